The van der Waals surface area contributed by atoms with Gasteiger partial charge in [-0.3, -0.25) is 9.36 Å². The van der Waals surface area contributed by atoms with Crippen molar-refractivity contribution in [2.24, 2.45) is 0 Å². The van der Waals surface area contributed by atoms with Crippen LogP contribution in [0.2, 0.25) is 5.02 Å². The molecule has 1 aromatic heterocycles. The van der Waals surface area contributed by atoms with Gasteiger partial charge in [0.05, 0.1) is 10.9 Å². The number of nitrogens with zero attached hydrogens (tertiary/aromatic N) is 3. The molecule has 1 heterocycles. The molecule has 1 aromatic carbocycles. The summed E-state index contributed by atoms with van der Waals surface area (Å²) in [6.45, 7) is 4.56. The third kappa shape index (κ3) is 4.22. The van der Waals surface area contributed by atoms with Crippen LogP contribution in [-0.4, -0.2) is 32.5 Å². The summed E-state index contributed by atoms with van der Waals surface area (Å²) < 4.78 is 1.82. The maximum absolute atomic E-state index is 11.9. The van der Waals surface area contributed by atoms with E-state index in [1.54, 1.807) is 6.33 Å². The first kappa shape index (κ1) is 15.9. The van der Waals surface area contributed by atoms with E-state index in [0.29, 0.717) is 16.7 Å². The van der Waals surface area contributed by atoms with Gasteiger partial charge in [0, 0.05) is 11.6 Å². The minimum Gasteiger partial charge on any atom is -0.355 e. The molecule has 21 heavy (non-hydrogen) atoms. The van der Waals surface area contributed by atoms with Crippen LogP contribution in [0.25, 0.3) is 5.69 Å². The lowest BCUT2D eigenvalue weighted by molar-refractivity contribution is -0.120. The number of hydrogen-bond acceptors (Lipinski definition) is 4. The van der Waals surface area contributed by atoms with E-state index in [2.05, 4.69) is 15.5 Å². The van der Waals surface area contributed by atoms with Gasteiger partial charge in [0.25, 0.3) is 0 Å². The second-order valence-corrected chi connectivity index (χ2v) is 6.26. The van der Waals surface area contributed by atoms with Crippen LogP contribution in [0.4, 0.5) is 0 Å². The van der Waals surface area contributed by atoms with E-state index in [0.717, 1.165) is 12.1 Å². The highest BCUT2D eigenvalue weighted by Gasteiger charge is 2.17. The summed E-state index contributed by atoms with van der Waals surface area (Å²) >= 11 is 7.37. The largest absolute Gasteiger partial charge is 0.355 e. The molecule has 7 heteroatoms. The van der Waals surface area contributed by atoms with Crippen molar-refractivity contribution in [3.63, 3.8) is 0 Å². The third-order valence-electron chi connectivity index (χ3n) is 2.80. The Morgan fingerprint density at radius 2 is 2.33 bits per heavy atom. The molecule has 5 nitrogen and oxygen atoms in total. The summed E-state index contributed by atoms with van der Waals surface area (Å²) in [7, 11) is 0. The Labute approximate surface area is 133 Å². The van der Waals surface area contributed by atoms with E-state index < -0.39 is 0 Å². The second-order valence-electron chi connectivity index (χ2n) is 4.51. The van der Waals surface area contributed by atoms with Gasteiger partial charge in [0.1, 0.15) is 6.33 Å². The summed E-state index contributed by atoms with van der Waals surface area (Å²) in [5.74, 6) is 0.00231. The highest BCUT2D eigenvalue weighted by atomic mass is 35.5. The number of benzene rings is 1. The SMILES string of the molecule is CCCNC(=O)[C@@H](C)Sc1nncn1-c1cccc(Cl)c1. The molecule has 0 spiro atoms. The van der Waals surface area contributed by atoms with Crippen molar-refractivity contribution in [3.05, 3.63) is 35.6 Å². The van der Waals surface area contributed by atoms with Crippen LogP contribution in [0, 0.1) is 0 Å². The molecule has 0 saturated carbocycles. The maximum Gasteiger partial charge on any atom is 0.233 e. The van der Waals surface area contributed by atoms with Gasteiger partial charge in [-0.15, -0.1) is 10.2 Å². The zero-order valence-corrected chi connectivity index (χ0v) is 13.5. The number of rotatable bonds is 6. The average molecular weight is 325 g/mol. The molecule has 1 amide bonds. The predicted octanol–water partition coefficient (Wildman–Crippen LogP) is 2.93. The van der Waals surface area contributed by atoms with E-state index >= 15 is 0 Å². The minimum absolute atomic E-state index is 0.00231. The van der Waals surface area contributed by atoms with Crippen LogP contribution in [0.1, 0.15) is 20.3 Å². The zero-order valence-electron chi connectivity index (χ0n) is 11.9. The van der Waals surface area contributed by atoms with Crippen LogP contribution < -0.4 is 5.32 Å². The molecule has 1 N–H and O–H groups in total. The summed E-state index contributed by atoms with van der Waals surface area (Å²) in [6, 6.07) is 7.42. The minimum atomic E-state index is -0.237. The van der Waals surface area contributed by atoms with E-state index in [9.17, 15) is 4.79 Å². The molecular weight excluding hydrogens is 308 g/mol. The van der Waals surface area contributed by atoms with Gasteiger partial charge >= 0.3 is 0 Å². The molecule has 0 radical (unpaired) electrons. The summed E-state index contributed by atoms with van der Waals surface area (Å²) in [5.41, 5.74) is 0.871. The molecular formula is C14H17ClN4OS. The first-order chi connectivity index (χ1) is 10.1. The van der Waals surface area contributed by atoms with Crippen molar-refractivity contribution in [1.82, 2.24) is 20.1 Å². The van der Waals surface area contributed by atoms with Crippen LogP contribution in [0.3, 0.4) is 0 Å². The molecule has 0 aliphatic carbocycles. The summed E-state index contributed by atoms with van der Waals surface area (Å²) in [5, 5.41) is 11.9. The van der Waals surface area contributed by atoms with E-state index in [-0.39, 0.29) is 11.2 Å². The van der Waals surface area contributed by atoms with Gasteiger partial charge in [-0.05, 0) is 31.5 Å². The molecule has 0 fully saturated rings. The Morgan fingerprint density at radius 1 is 1.52 bits per heavy atom. The second kappa shape index (κ2) is 7.47. The lowest BCUT2D eigenvalue weighted by Crippen LogP contribution is -2.31. The number of carbonyl (C=O) groups excluding carboxylic acids is 1. The number of hydrogen-bond donors (Lipinski definition) is 1. The first-order valence-corrected chi connectivity index (χ1v) is 7.98. The van der Waals surface area contributed by atoms with Crippen LogP contribution >= 0.6 is 23.4 Å². The van der Waals surface area contributed by atoms with Crippen molar-refractivity contribution in [2.75, 3.05) is 6.54 Å². The molecule has 2 aromatic rings. The highest BCUT2D eigenvalue weighted by molar-refractivity contribution is 8.00. The first-order valence-electron chi connectivity index (χ1n) is 6.72. The number of aromatic nitrogens is 3. The molecule has 0 aliphatic rings. The Hall–Kier alpha value is -1.53. The zero-order chi connectivity index (χ0) is 15.2. The van der Waals surface area contributed by atoms with Crippen molar-refractivity contribution in [2.45, 2.75) is 30.7 Å². The fourth-order valence-electron chi connectivity index (χ4n) is 1.71. The van der Waals surface area contributed by atoms with Crippen LogP contribution in [0.5, 0.6) is 0 Å². The Balaban J connectivity index is 2.12. The quantitative estimate of drug-likeness (QED) is 0.830. The van der Waals surface area contributed by atoms with Gasteiger partial charge < -0.3 is 5.32 Å². The number of nitrogens with one attached hydrogen (secondary N) is 1. The van der Waals surface area contributed by atoms with E-state index in [4.69, 9.17) is 11.6 Å². The lowest BCUT2D eigenvalue weighted by Gasteiger charge is -2.12. The topological polar surface area (TPSA) is 59.8 Å². The van der Waals surface area contributed by atoms with Gasteiger partial charge in [-0.25, -0.2) is 0 Å². The average Bonchev–Trinajstić information content (AvgIpc) is 2.92. The summed E-state index contributed by atoms with van der Waals surface area (Å²) in [4.78, 5) is 11.9. The van der Waals surface area contributed by atoms with Crippen LogP contribution in [-0.2, 0) is 4.79 Å². The van der Waals surface area contributed by atoms with Gasteiger partial charge in [-0.2, -0.15) is 0 Å². The normalized spacial score (nSPS) is 12.1. The molecule has 0 saturated heterocycles. The predicted molar refractivity (Wildman–Crippen MR) is 85.0 cm³/mol. The molecule has 2 rings (SSSR count). The number of thioether (sulfide) groups is 1. The number of halogens is 1. The van der Waals surface area contributed by atoms with E-state index in [1.807, 2.05) is 42.7 Å². The highest BCUT2D eigenvalue weighted by Crippen LogP contribution is 2.25. The number of amides is 1. The Kier molecular flexibility index (Phi) is 5.64. The molecule has 0 bridgehead atoms. The molecule has 112 valence electrons. The van der Waals surface area contributed by atoms with Crippen molar-refractivity contribution in [3.8, 4) is 5.69 Å². The van der Waals surface area contributed by atoms with Crippen molar-refractivity contribution >= 4 is 29.3 Å². The smallest absolute Gasteiger partial charge is 0.233 e. The third-order valence-corrected chi connectivity index (χ3v) is 4.10. The maximum atomic E-state index is 11.9. The Morgan fingerprint density at radius 3 is 3.05 bits per heavy atom. The standard InChI is InChI=1S/C14H17ClN4OS/c1-3-7-16-13(20)10(2)21-14-18-17-9-19(14)12-6-4-5-11(15)8-12/h4-6,8-10H,3,7H2,1-2H3,(H,16,20)/t10-/m1/s1. The molecule has 0 unspecified atom stereocenters. The number of carbonyl (C=O) groups is 1. The van der Waals surface area contributed by atoms with E-state index in [1.165, 1.54) is 11.8 Å². The van der Waals surface area contributed by atoms with Crippen molar-refractivity contribution in [1.29, 1.82) is 0 Å². The fraction of sp³-hybridized carbons (Fsp3) is 0.357. The summed E-state index contributed by atoms with van der Waals surface area (Å²) in [6.07, 6.45) is 2.53. The van der Waals surface area contributed by atoms with Crippen molar-refractivity contribution < 1.29 is 4.79 Å². The van der Waals surface area contributed by atoms with Gasteiger partial charge in [-0.1, -0.05) is 36.4 Å². The van der Waals surface area contributed by atoms with Crippen LogP contribution in [0.15, 0.2) is 35.7 Å². The lowest BCUT2D eigenvalue weighted by atomic mass is 10.3. The molecule has 0 aliphatic heterocycles. The monoisotopic (exact) mass is 324 g/mol. The molecule has 1 atom stereocenters. The fourth-order valence-corrected chi connectivity index (χ4v) is 2.76. The van der Waals surface area contributed by atoms with Gasteiger partial charge in [0.2, 0.25) is 5.91 Å². The Bertz CT molecular complexity index is 617. The van der Waals surface area contributed by atoms with Gasteiger partial charge in [0.15, 0.2) is 5.16 Å².